The second-order valence-corrected chi connectivity index (χ2v) is 7.17. The summed E-state index contributed by atoms with van der Waals surface area (Å²) in [5, 5.41) is 12.5. The van der Waals surface area contributed by atoms with E-state index in [-0.39, 0.29) is 12.3 Å². The van der Waals surface area contributed by atoms with Gasteiger partial charge in [-0.25, -0.2) is 4.79 Å². The lowest BCUT2D eigenvalue weighted by Crippen LogP contribution is -2.56. The van der Waals surface area contributed by atoms with E-state index in [2.05, 4.69) is 24.4 Å². The summed E-state index contributed by atoms with van der Waals surface area (Å²) in [7, 11) is 0. The van der Waals surface area contributed by atoms with E-state index in [0.29, 0.717) is 18.8 Å². The van der Waals surface area contributed by atoms with Gasteiger partial charge in [0.05, 0.1) is 6.42 Å². The van der Waals surface area contributed by atoms with Crippen LogP contribution in [0.25, 0.3) is 0 Å². The molecule has 1 aromatic rings. The van der Waals surface area contributed by atoms with E-state index in [9.17, 15) is 14.7 Å². The number of aliphatic carboxylic acids is 1. The van der Waals surface area contributed by atoms with Crippen LogP contribution in [0.15, 0.2) is 12.1 Å². The van der Waals surface area contributed by atoms with Gasteiger partial charge in [-0.1, -0.05) is 24.6 Å². The number of nitrogens with one attached hydrogen (secondary N) is 1. The van der Waals surface area contributed by atoms with Gasteiger partial charge in [-0.05, 0) is 69.1 Å². The van der Waals surface area contributed by atoms with Gasteiger partial charge in [0.25, 0.3) is 0 Å². The SMILES string of the molecule is Cc1cc(C)c(CC(=O)NC2(C(=O)O)CCC(C)CC2)c(C)c1. The van der Waals surface area contributed by atoms with Gasteiger partial charge in [0.15, 0.2) is 0 Å². The summed E-state index contributed by atoms with van der Waals surface area (Å²) in [4.78, 5) is 24.2. The molecule has 1 aliphatic carbocycles. The Kier molecular flexibility index (Phi) is 5.12. The summed E-state index contributed by atoms with van der Waals surface area (Å²) < 4.78 is 0. The molecule has 0 atom stereocenters. The summed E-state index contributed by atoms with van der Waals surface area (Å²) in [6.07, 6.45) is 2.95. The quantitative estimate of drug-likeness (QED) is 0.895. The number of rotatable bonds is 4. The second-order valence-electron chi connectivity index (χ2n) is 7.17. The van der Waals surface area contributed by atoms with Gasteiger partial charge in [0.2, 0.25) is 5.91 Å². The van der Waals surface area contributed by atoms with E-state index in [1.165, 1.54) is 5.56 Å². The number of benzene rings is 1. The minimum absolute atomic E-state index is 0.197. The van der Waals surface area contributed by atoms with Crippen molar-refractivity contribution in [2.24, 2.45) is 5.92 Å². The fourth-order valence-electron chi connectivity index (χ4n) is 3.61. The van der Waals surface area contributed by atoms with Crippen molar-refractivity contribution in [3.8, 4) is 0 Å². The summed E-state index contributed by atoms with van der Waals surface area (Å²) in [6.45, 7) is 8.16. The molecule has 2 rings (SSSR count). The van der Waals surface area contributed by atoms with Crippen LogP contribution >= 0.6 is 0 Å². The van der Waals surface area contributed by atoms with Gasteiger partial charge >= 0.3 is 5.97 Å². The molecule has 1 amide bonds. The molecule has 0 unspecified atom stereocenters. The molecule has 0 aromatic heterocycles. The molecule has 1 saturated carbocycles. The maximum atomic E-state index is 12.5. The third kappa shape index (κ3) is 3.92. The maximum absolute atomic E-state index is 12.5. The molecule has 1 aliphatic rings. The fourth-order valence-corrected chi connectivity index (χ4v) is 3.61. The van der Waals surface area contributed by atoms with Crippen molar-refractivity contribution in [2.75, 3.05) is 0 Å². The summed E-state index contributed by atoms with van der Waals surface area (Å²) in [5.74, 6) is -0.576. The second kappa shape index (κ2) is 6.73. The summed E-state index contributed by atoms with van der Waals surface area (Å²) >= 11 is 0. The maximum Gasteiger partial charge on any atom is 0.329 e. The van der Waals surface area contributed by atoms with Crippen LogP contribution in [-0.4, -0.2) is 22.5 Å². The molecule has 4 heteroatoms. The molecule has 1 aromatic carbocycles. The minimum atomic E-state index is -1.09. The molecule has 1 fully saturated rings. The Bertz CT molecular complexity index is 590. The number of amides is 1. The Morgan fingerprint density at radius 3 is 2.17 bits per heavy atom. The molecule has 2 N–H and O–H groups in total. The van der Waals surface area contributed by atoms with Crippen LogP contribution in [0.2, 0.25) is 0 Å². The van der Waals surface area contributed by atoms with Crippen molar-refractivity contribution >= 4 is 11.9 Å². The monoisotopic (exact) mass is 317 g/mol. The summed E-state index contributed by atoms with van der Waals surface area (Å²) in [6, 6.07) is 4.12. The number of hydrogen-bond donors (Lipinski definition) is 2. The highest BCUT2D eigenvalue weighted by atomic mass is 16.4. The largest absolute Gasteiger partial charge is 0.480 e. The number of carboxylic acid groups (broad SMARTS) is 1. The first-order valence-electron chi connectivity index (χ1n) is 8.34. The molecule has 4 nitrogen and oxygen atoms in total. The molecule has 0 heterocycles. The average molecular weight is 317 g/mol. The van der Waals surface area contributed by atoms with Crippen LogP contribution < -0.4 is 5.32 Å². The van der Waals surface area contributed by atoms with Crippen molar-refractivity contribution < 1.29 is 14.7 Å². The van der Waals surface area contributed by atoms with Crippen molar-refractivity contribution in [3.05, 3.63) is 34.4 Å². The van der Waals surface area contributed by atoms with E-state index in [1.807, 2.05) is 20.8 Å². The van der Waals surface area contributed by atoms with Crippen LogP contribution in [0.3, 0.4) is 0 Å². The smallest absolute Gasteiger partial charge is 0.329 e. The number of carbonyl (C=O) groups is 2. The van der Waals surface area contributed by atoms with E-state index in [0.717, 1.165) is 29.5 Å². The Hall–Kier alpha value is -1.84. The zero-order chi connectivity index (χ0) is 17.2. The Morgan fingerprint density at radius 1 is 1.17 bits per heavy atom. The normalized spacial score (nSPS) is 24.3. The number of carbonyl (C=O) groups excluding carboxylic acids is 1. The lowest BCUT2D eigenvalue weighted by molar-refractivity contribution is -0.149. The predicted molar refractivity (Wildman–Crippen MR) is 90.5 cm³/mol. The van der Waals surface area contributed by atoms with Crippen molar-refractivity contribution in [3.63, 3.8) is 0 Å². The molecule has 126 valence electrons. The van der Waals surface area contributed by atoms with E-state index >= 15 is 0 Å². The first-order chi connectivity index (χ1) is 10.7. The van der Waals surface area contributed by atoms with Gasteiger partial charge in [0.1, 0.15) is 5.54 Å². The van der Waals surface area contributed by atoms with Crippen LogP contribution in [0, 0.1) is 26.7 Å². The van der Waals surface area contributed by atoms with Crippen molar-refractivity contribution in [1.29, 1.82) is 0 Å². The lowest BCUT2D eigenvalue weighted by atomic mass is 9.77. The zero-order valence-electron chi connectivity index (χ0n) is 14.5. The van der Waals surface area contributed by atoms with Crippen LogP contribution in [0.4, 0.5) is 0 Å². The molecular weight excluding hydrogens is 290 g/mol. The highest BCUT2D eigenvalue weighted by molar-refractivity contribution is 5.88. The molecule has 0 bridgehead atoms. The average Bonchev–Trinajstić information content (AvgIpc) is 2.45. The highest BCUT2D eigenvalue weighted by Crippen LogP contribution is 2.32. The topological polar surface area (TPSA) is 66.4 Å². The van der Waals surface area contributed by atoms with Gasteiger partial charge < -0.3 is 10.4 Å². The number of aryl methyl sites for hydroxylation is 3. The highest BCUT2D eigenvalue weighted by Gasteiger charge is 2.42. The summed E-state index contributed by atoms with van der Waals surface area (Å²) in [5.41, 5.74) is 3.25. The fraction of sp³-hybridized carbons (Fsp3) is 0.579. The molecule has 0 radical (unpaired) electrons. The molecular formula is C19H27NO3. The third-order valence-electron chi connectivity index (χ3n) is 5.09. The predicted octanol–water partition coefficient (Wildman–Crippen LogP) is 3.30. The van der Waals surface area contributed by atoms with Crippen molar-refractivity contribution in [1.82, 2.24) is 5.32 Å². The van der Waals surface area contributed by atoms with Crippen molar-refractivity contribution in [2.45, 2.75) is 65.3 Å². The lowest BCUT2D eigenvalue weighted by Gasteiger charge is -2.36. The molecule has 0 saturated heterocycles. The number of hydrogen-bond acceptors (Lipinski definition) is 2. The van der Waals surface area contributed by atoms with E-state index in [1.54, 1.807) is 0 Å². The van der Waals surface area contributed by atoms with Gasteiger partial charge in [-0.3, -0.25) is 4.79 Å². The number of carboxylic acids is 1. The third-order valence-corrected chi connectivity index (χ3v) is 5.09. The van der Waals surface area contributed by atoms with Crippen LogP contribution in [-0.2, 0) is 16.0 Å². The first kappa shape index (κ1) is 17.5. The van der Waals surface area contributed by atoms with Gasteiger partial charge in [0, 0.05) is 0 Å². The Labute approximate surface area is 138 Å². The molecule has 0 aliphatic heterocycles. The molecule has 0 spiro atoms. The van der Waals surface area contributed by atoms with E-state index in [4.69, 9.17) is 0 Å². The Balaban J connectivity index is 2.13. The van der Waals surface area contributed by atoms with Crippen LogP contribution in [0.5, 0.6) is 0 Å². The van der Waals surface area contributed by atoms with Crippen LogP contribution in [0.1, 0.15) is 54.9 Å². The van der Waals surface area contributed by atoms with Gasteiger partial charge in [-0.15, -0.1) is 0 Å². The van der Waals surface area contributed by atoms with E-state index < -0.39 is 11.5 Å². The first-order valence-corrected chi connectivity index (χ1v) is 8.34. The minimum Gasteiger partial charge on any atom is -0.480 e. The Morgan fingerprint density at radius 2 is 1.70 bits per heavy atom. The zero-order valence-corrected chi connectivity index (χ0v) is 14.5. The standard InChI is InChI=1S/C19H27NO3/c1-12-5-7-19(8-6-12,18(22)23)20-17(21)11-16-14(3)9-13(2)10-15(16)4/h9-10,12H,5-8,11H2,1-4H3,(H,20,21)(H,22,23). The van der Waals surface area contributed by atoms with Gasteiger partial charge in [-0.2, -0.15) is 0 Å². The molecule has 23 heavy (non-hydrogen) atoms.